The minimum Gasteiger partial charge on any atom is -0.363 e. The van der Waals surface area contributed by atoms with Gasteiger partial charge >= 0.3 is 0 Å². The maximum atomic E-state index is 4.36. The quantitative estimate of drug-likeness (QED) is 0.815. The molecule has 0 radical (unpaired) electrons. The first-order valence-electron chi connectivity index (χ1n) is 5.70. The fraction of sp³-hybridized carbons (Fsp3) is 0.214. The summed E-state index contributed by atoms with van der Waals surface area (Å²) in [7, 11) is 0. The highest BCUT2D eigenvalue weighted by Crippen LogP contribution is 2.27. The van der Waals surface area contributed by atoms with Gasteiger partial charge in [0.2, 0.25) is 0 Å². The molecule has 0 amide bonds. The molecule has 1 aromatic carbocycles. The number of nitrogens with zero attached hydrogens (tertiary/aromatic N) is 1. The van der Waals surface area contributed by atoms with E-state index in [2.05, 4.69) is 80.3 Å². The molecule has 1 aromatic heterocycles. The second kappa shape index (κ2) is 5.85. The SMILES string of the molecule is Cc1ccc(C(C)Nc2ncc(Br)cc2Br)cc1. The van der Waals surface area contributed by atoms with Gasteiger partial charge in [-0.3, -0.25) is 0 Å². The molecule has 2 aromatic rings. The number of nitrogens with one attached hydrogen (secondary N) is 1. The number of anilines is 1. The Kier molecular flexibility index (Phi) is 4.40. The minimum atomic E-state index is 0.218. The van der Waals surface area contributed by atoms with Gasteiger partial charge in [0.25, 0.3) is 0 Å². The number of halogens is 2. The van der Waals surface area contributed by atoms with E-state index in [1.807, 2.05) is 6.07 Å². The van der Waals surface area contributed by atoms with Crippen molar-refractivity contribution in [1.29, 1.82) is 0 Å². The Morgan fingerprint density at radius 1 is 1.17 bits per heavy atom. The molecule has 1 heterocycles. The Hall–Kier alpha value is -0.870. The zero-order chi connectivity index (χ0) is 13.1. The van der Waals surface area contributed by atoms with Gasteiger partial charge in [0.05, 0.1) is 4.47 Å². The second-order valence-corrected chi connectivity index (χ2v) is 6.03. The van der Waals surface area contributed by atoms with Gasteiger partial charge in [-0.2, -0.15) is 0 Å². The third-order valence-electron chi connectivity index (χ3n) is 2.74. The highest BCUT2D eigenvalue weighted by atomic mass is 79.9. The molecule has 0 fully saturated rings. The van der Waals surface area contributed by atoms with E-state index in [0.717, 1.165) is 14.8 Å². The van der Waals surface area contributed by atoms with Crippen LogP contribution in [-0.4, -0.2) is 4.98 Å². The van der Waals surface area contributed by atoms with Gasteiger partial charge in [0.15, 0.2) is 0 Å². The maximum absolute atomic E-state index is 4.36. The fourth-order valence-electron chi connectivity index (χ4n) is 1.66. The number of pyridine rings is 1. The molecule has 2 rings (SSSR count). The third kappa shape index (κ3) is 3.33. The van der Waals surface area contributed by atoms with Crippen molar-refractivity contribution >= 4 is 37.7 Å². The lowest BCUT2D eigenvalue weighted by atomic mass is 10.1. The van der Waals surface area contributed by atoms with Gasteiger partial charge in [0, 0.05) is 16.7 Å². The molecule has 2 nitrogen and oxygen atoms in total. The average molecular weight is 370 g/mol. The summed E-state index contributed by atoms with van der Waals surface area (Å²) in [5.41, 5.74) is 2.52. The van der Waals surface area contributed by atoms with Crippen LogP contribution in [0.25, 0.3) is 0 Å². The van der Waals surface area contributed by atoms with E-state index in [1.165, 1.54) is 11.1 Å². The second-order valence-electron chi connectivity index (χ2n) is 4.26. The zero-order valence-electron chi connectivity index (χ0n) is 10.2. The first kappa shape index (κ1) is 13.6. The van der Waals surface area contributed by atoms with Crippen LogP contribution in [0.2, 0.25) is 0 Å². The summed E-state index contributed by atoms with van der Waals surface area (Å²) in [4.78, 5) is 4.36. The van der Waals surface area contributed by atoms with Gasteiger partial charge < -0.3 is 5.32 Å². The number of rotatable bonds is 3. The Balaban J connectivity index is 2.15. The van der Waals surface area contributed by atoms with Crippen LogP contribution in [0.15, 0.2) is 45.5 Å². The molecule has 18 heavy (non-hydrogen) atoms. The number of aryl methyl sites for hydroxylation is 1. The zero-order valence-corrected chi connectivity index (χ0v) is 13.4. The first-order valence-corrected chi connectivity index (χ1v) is 7.29. The van der Waals surface area contributed by atoms with Crippen molar-refractivity contribution < 1.29 is 0 Å². The first-order chi connectivity index (χ1) is 8.56. The van der Waals surface area contributed by atoms with Crippen molar-refractivity contribution in [2.45, 2.75) is 19.9 Å². The number of hydrogen-bond donors (Lipinski definition) is 1. The molecule has 0 aliphatic rings. The smallest absolute Gasteiger partial charge is 0.140 e. The van der Waals surface area contributed by atoms with E-state index in [1.54, 1.807) is 6.20 Å². The van der Waals surface area contributed by atoms with Gasteiger partial charge in [-0.1, -0.05) is 29.8 Å². The molecule has 1 N–H and O–H groups in total. The predicted molar refractivity (Wildman–Crippen MR) is 82.9 cm³/mol. The van der Waals surface area contributed by atoms with E-state index < -0.39 is 0 Å². The lowest BCUT2D eigenvalue weighted by Crippen LogP contribution is -2.08. The van der Waals surface area contributed by atoms with Crippen LogP contribution in [0, 0.1) is 6.92 Å². The molecule has 0 saturated heterocycles. The molecule has 94 valence electrons. The number of hydrogen-bond acceptors (Lipinski definition) is 2. The molecule has 0 aliphatic heterocycles. The Bertz CT molecular complexity index is 538. The number of aromatic nitrogens is 1. The van der Waals surface area contributed by atoms with Crippen molar-refractivity contribution in [3.63, 3.8) is 0 Å². The molecule has 0 spiro atoms. The van der Waals surface area contributed by atoms with Crippen molar-refractivity contribution in [2.75, 3.05) is 5.32 Å². The molecular formula is C14H14Br2N2. The number of benzene rings is 1. The van der Waals surface area contributed by atoms with Gasteiger partial charge in [-0.25, -0.2) is 4.98 Å². The van der Waals surface area contributed by atoms with E-state index >= 15 is 0 Å². The van der Waals surface area contributed by atoms with Crippen LogP contribution >= 0.6 is 31.9 Å². The molecule has 0 aliphatic carbocycles. The predicted octanol–water partition coefficient (Wildman–Crippen LogP) is 5.09. The highest BCUT2D eigenvalue weighted by molar-refractivity contribution is 9.11. The molecular weight excluding hydrogens is 356 g/mol. The molecule has 0 bridgehead atoms. The normalized spacial score (nSPS) is 12.2. The average Bonchev–Trinajstić information content (AvgIpc) is 2.33. The van der Waals surface area contributed by atoms with Crippen LogP contribution in [0.4, 0.5) is 5.82 Å². The van der Waals surface area contributed by atoms with E-state index in [9.17, 15) is 0 Å². The standard InChI is InChI=1S/C14H14Br2N2/c1-9-3-5-11(6-4-9)10(2)18-14-13(16)7-12(15)8-17-14/h3-8,10H,1-2H3,(H,17,18). The monoisotopic (exact) mass is 368 g/mol. The van der Waals surface area contributed by atoms with Crippen LogP contribution in [0.3, 0.4) is 0 Å². The van der Waals surface area contributed by atoms with Crippen molar-refractivity contribution in [1.82, 2.24) is 4.98 Å². The van der Waals surface area contributed by atoms with E-state index in [-0.39, 0.29) is 6.04 Å². The van der Waals surface area contributed by atoms with E-state index in [4.69, 9.17) is 0 Å². The maximum Gasteiger partial charge on any atom is 0.140 e. The lowest BCUT2D eigenvalue weighted by molar-refractivity contribution is 0.872. The minimum absolute atomic E-state index is 0.218. The summed E-state index contributed by atoms with van der Waals surface area (Å²) in [6.45, 7) is 4.22. The highest BCUT2D eigenvalue weighted by Gasteiger charge is 2.08. The molecule has 4 heteroatoms. The van der Waals surface area contributed by atoms with Crippen LogP contribution in [0.5, 0.6) is 0 Å². The van der Waals surface area contributed by atoms with Gasteiger partial charge in [-0.15, -0.1) is 0 Å². The summed E-state index contributed by atoms with van der Waals surface area (Å²) < 4.78 is 1.92. The Morgan fingerprint density at radius 2 is 1.83 bits per heavy atom. The third-order valence-corrected chi connectivity index (χ3v) is 3.78. The van der Waals surface area contributed by atoms with Crippen molar-refractivity contribution in [2.24, 2.45) is 0 Å². The van der Waals surface area contributed by atoms with Crippen LogP contribution < -0.4 is 5.32 Å². The summed E-state index contributed by atoms with van der Waals surface area (Å²) in [5.74, 6) is 0.853. The molecule has 1 unspecified atom stereocenters. The summed E-state index contributed by atoms with van der Waals surface area (Å²) in [5, 5.41) is 3.39. The van der Waals surface area contributed by atoms with Crippen LogP contribution in [-0.2, 0) is 0 Å². The van der Waals surface area contributed by atoms with Gasteiger partial charge in [0.1, 0.15) is 5.82 Å². The Labute approximate surface area is 124 Å². The topological polar surface area (TPSA) is 24.9 Å². The van der Waals surface area contributed by atoms with Gasteiger partial charge in [-0.05, 0) is 57.3 Å². The summed E-state index contributed by atoms with van der Waals surface area (Å²) in [6.07, 6.45) is 1.79. The summed E-state index contributed by atoms with van der Waals surface area (Å²) in [6, 6.07) is 10.7. The van der Waals surface area contributed by atoms with E-state index in [0.29, 0.717) is 0 Å². The van der Waals surface area contributed by atoms with Crippen molar-refractivity contribution in [3.8, 4) is 0 Å². The Morgan fingerprint density at radius 3 is 2.44 bits per heavy atom. The summed E-state index contributed by atoms with van der Waals surface area (Å²) >= 11 is 6.90. The largest absolute Gasteiger partial charge is 0.363 e. The van der Waals surface area contributed by atoms with Crippen molar-refractivity contribution in [3.05, 3.63) is 56.6 Å². The van der Waals surface area contributed by atoms with Crippen LogP contribution in [0.1, 0.15) is 24.1 Å². The molecule has 0 saturated carbocycles. The fourth-order valence-corrected chi connectivity index (χ4v) is 2.77. The molecule has 1 atom stereocenters. The lowest BCUT2D eigenvalue weighted by Gasteiger charge is -2.16.